The Morgan fingerprint density at radius 2 is 2.30 bits per heavy atom. The maximum atomic E-state index is 9.12. The monoisotopic (exact) mass is 144 g/mol. The topological polar surface area (TPSA) is 38.7 Å². The van der Waals surface area contributed by atoms with Gasteiger partial charge in [-0.15, -0.1) is 0 Å². The number of aliphatic hydroxyl groups excluding tert-OH is 1. The molecule has 0 radical (unpaired) electrons. The summed E-state index contributed by atoms with van der Waals surface area (Å²) >= 11 is 0. The van der Waals surface area contributed by atoms with E-state index in [0.717, 1.165) is 0 Å². The van der Waals surface area contributed by atoms with Gasteiger partial charge in [0.25, 0.3) is 0 Å². The molecule has 0 bridgehead atoms. The van der Waals surface area contributed by atoms with Gasteiger partial charge in [0.05, 0.1) is 19.3 Å². The number of ether oxygens (including phenoxy) is 2. The summed E-state index contributed by atoms with van der Waals surface area (Å²) in [5.74, 6) is 0. The zero-order chi connectivity index (χ0) is 7.23. The predicted octanol–water partition coefficient (Wildman–Crippen LogP) is 0.298. The normalized spacial score (nSPS) is 28.7. The second-order valence-corrected chi connectivity index (χ2v) is 2.18. The van der Waals surface area contributed by atoms with Crippen LogP contribution in [0.25, 0.3) is 0 Å². The maximum Gasteiger partial charge on any atom is 0.147 e. The van der Waals surface area contributed by atoms with Crippen molar-refractivity contribution >= 4 is 0 Å². The fourth-order valence-electron chi connectivity index (χ4n) is 0.747. The molecule has 0 amide bonds. The highest BCUT2D eigenvalue weighted by molar-refractivity contribution is 4.88. The minimum Gasteiger partial charge on any atom is -0.389 e. The van der Waals surface area contributed by atoms with Crippen LogP contribution in [0.3, 0.4) is 0 Å². The number of rotatable bonds is 0. The molecule has 0 aliphatic carbocycles. The van der Waals surface area contributed by atoms with Crippen LogP contribution in [0.1, 0.15) is 6.42 Å². The van der Waals surface area contributed by atoms with Crippen LogP contribution in [0.4, 0.5) is 0 Å². The van der Waals surface area contributed by atoms with E-state index < -0.39 is 0 Å². The summed E-state index contributed by atoms with van der Waals surface area (Å²) < 4.78 is 9.99. The van der Waals surface area contributed by atoms with E-state index in [1.165, 1.54) is 0 Å². The Morgan fingerprint density at radius 1 is 1.40 bits per heavy atom. The average Bonchev–Trinajstić information content (AvgIpc) is 2.02. The molecule has 0 aromatic rings. The van der Waals surface area contributed by atoms with Crippen LogP contribution in [0, 0.1) is 0 Å². The van der Waals surface area contributed by atoms with Gasteiger partial charge in [-0.05, 0) is 0 Å². The molecule has 1 rings (SSSR count). The molecule has 1 aliphatic rings. The summed E-state index contributed by atoms with van der Waals surface area (Å²) in [6.45, 7) is 1.42. The van der Waals surface area contributed by atoms with Crippen molar-refractivity contribution in [3.05, 3.63) is 12.2 Å². The van der Waals surface area contributed by atoms with Crippen molar-refractivity contribution in [2.24, 2.45) is 0 Å². The molecule has 0 aromatic carbocycles. The average molecular weight is 144 g/mol. The van der Waals surface area contributed by atoms with Crippen LogP contribution < -0.4 is 0 Å². The standard InChI is InChI=1S/C7H12O3/c8-7-2-1-4-9-6-10-5-3-7/h1-2,7-8H,3-6H2. The Labute approximate surface area is 60.3 Å². The molecule has 1 heterocycles. The van der Waals surface area contributed by atoms with Gasteiger partial charge in [0.1, 0.15) is 6.79 Å². The smallest absolute Gasteiger partial charge is 0.147 e. The SMILES string of the molecule is OC1C=CCOCOCC1. The van der Waals surface area contributed by atoms with Crippen molar-refractivity contribution in [2.75, 3.05) is 20.0 Å². The van der Waals surface area contributed by atoms with E-state index in [1.54, 1.807) is 12.2 Å². The Kier molecular flexibility index (Phi) is 3.43. The Morgan fingerprint density at radius 3 is 3.20 bits per heavy atom. The fourth-order valence-corrected chi connectivity index (χ4v) is 0.747. The molecule has 3 nitrogen and oxygen atoms in total. The first-order valence-electron chi connectivity index (χ1n) is 3.40. The summed E-state index contributed by atoms with van der Waals surface area (Å²) in [6, 6.07) is 0. The van der Waals surface area contributed by atoms with Crippen LogP contribution in [-0.4, -0.2) is 31.2 Å². The molecule has 1 atom stereocenters. The third kappa shape index (κ3) is 2.96. The minimum absolute atomic E-state index is 0.330. The molecular weight excluding hydrogens is 132 g/mol. The molecular formula is C7H12O3. The number of hydrogen-bond donors (Lipinski definition) is 1. The van der Waals surface area contributed by atoms with Gasteiger partial charge < -0.3 is 14.6 Å². The molecule has 1 unspecified atom stereocenters. The first-order chi connectivity index (χ1) is 4.89. The second-order valence-electron chi connectivity index (χ2n) is 2.18. The van der Waals surface area contributed by atoms with Gasteiger partial charge in [-0.2, -0.15) is 0 Å². The van der Waals surface area contributed by atoms with Crippen molar-refractivity contribution in [1.29, 1.82) is 0 Å². The lowest BCUT2D eigenvalue weighted by molar-refractivity contribution is -0.0469. The molecule has 1 aliphatic heterocycles. The van der Waals surface area contributed by atoms with Crippen LogP contribution in [0.5, 0.6) is 0 Å². The molecule has 58 valence electrons. The minimum atomic E-state index is -0.373. The first kappa shape index (κ1) is 7.72. The summed E-state index contributed by atoms with van der Waals surface area (Å²) in [5, 5.41) is 9.12. The number of aliphatic hydroxyl groups is 1. The molecule has 0 saturated carbocycles. The Bertz CT molecular complexity index is 111. The van der Waals surface area contributed by atoms with Crippen LogP contribution in [-0.2, 0) is 9.47 Å². The largest absolute Gasteiger partial charge is 0.389 e. The molecule has 0 spiro atoms. The maximum absolute atomic E-state index is 9.12. The molecule has 0 fully saturated rings. The van der Waals surface area contributed by atoms with Gasteiger partial charge in [-0.1, -0.05) is 12.2 Å². The third-order valence-electron chi connectivity index (χ3n) is 1.30. The van der Waals surface area contributed by atoms with E-state index in [-0.39, 0.29) is 6.10 Å². The highest BCUT2D eigenvalue weighted by Crippen LogP contribution is 1.97. The van der Waals surface area contributed by atoms with Gasteiger partial charge in [0.15, 0.2) is 0 Å². The summed E-state index contributed by atoms with van der Waals surface area (Å²) in [5.41, 5.74) is 0. The van der Waals surface area contributed by atoms with Crippen LogP contribution in [0.2, 0.25) is 0 Å². The molecule has 1 N–H and O–H groups in total. The van der Waals surface area contributed by atoms with E-state index in [0.29, 0.717) is 26.4 Å². The molecule has 3 heteroatoms. The quantitative estimate of drug-likeness (QED) is 0.497. The molecule has 10 heavy (non-hydrogen) atoms. The van der Waals surface area contributed by atoms with E-state index >= 15 is 0 Å². The van der Waals surface area contributed by atoms with Crippen molar-refractivity contribution in [1.82, 2.24) is 0 Å². The molecule has 0 saturated heterocycles. The highest BCUT2D eigenvalue weighted by atomic mass is 16.7. The van der Waals surface area contributed by atoms with Gasteiger partial charge in [0.2, 0.25) is 0 Å². The Hall–Kier alpha value is -0.380. The molecule has 0 aromatic heterocycles. The Balaban J connectivity index is 2.28. The van der Waals surface area contributed by atoms with E-state index in [2.05, 4.69) is 0 Å². The fraction of sp³-hybridized carbons (Fsp3) is 0.714. The van der Waals surface area contributed by atoms with E-state index in [9.17, 15) is 0 Å². The van der Waals surface area contributed by atoms with Crippen molar-refractivity contribution in [3.8, 4) is 0 Å². The van der Waals surface area contributed by atoms with Gasteiger partial charge in [-0.25, -0.2) is 0 Å². The van der Waals surface area contributed by atoms with Crippen molar-refractivity contribution in [2.45, 2.75) is 12.5 Å². The lowest BCUT2D eigenvalue weighted by Crippen LogP contribution is -2.06. The predicted molar refractivity (Wildman–Crippen MR) is 36.5 cm³/mol. The first-order valence-corrected chi connectivity index (χ1v) is 3.40. The summed E-state index contributed by atoms with van der Waals surface area (Å²) in [4.78, 5) is 0. The second kappa shape index (κ2) is 4.44. The van der Waals surface area contributed by atoms with Crippen molar-refractivity contribution in [3.63, 3.8) is 0 Å². The van der Waals surface area contributed by atoms with Gasteiger partial charge >= 0.3 is 0 Å². The zero-order valence-corrected chi connectivity index (χ0v) is 5.82. The summed E-state index contributed by atoms with van der Waals surface area (Å²) in [7, 11) is 0. The zero-order valence-electron chi connectivity index (χ0n) is 5.82. The van der Waals surface area contributed by atoms with E-state index in [1.807, 2.05) is 0 Å². The van der Waals surface area contributed by atoms with Crippen molar-refractivity contribution < 1.29 is 14.6 Å². The lowest BCUT2D eigenvalue weighted by Gasteiger charge is -2.03. The van der Waals surface area contributed by atoms with Crippen LogP contribution in [0.15, 0.2) is 12.2 Å². The van der Waals surface area contributed by atoms with Crippen LogP contribution >= 0.6 is 0 Å². The van der Waals surface area contributed by atoms with Gasteiger partial charge in [0, 0.05) is 6.42 Å². The highest BCUT2D eigenvalue weighted by Gasteiger charge is 1.99. The number of hydrogen-bond acceptors (Lipinski definition) is 3. The van der Waals surface area contributed by atoms with E-state index in [4.69, 9.17) is 14.6 Å². The summed E-state index contributed by atoms with van der Waals surface area (Å²) in [6.07, 6.45) is 3.81. The lowest BCUT2D eigenvalue weighted by atomic mass is 10.2. The van der Waals surface area contributed by atoms with Gasteiger partial charge in [-0.3, -0.25) is 0 Å². The third-order valence-corrected chi connectivity index (χ3v) is 1.30.